The average molecular weight is 438 g/mol. The van der Waals surface area contributed by atoms with Crippen LogP contribution in [0.3, 0.4) is 0 Å². The van der Waals surface area contributed by atoms with Crippen LogP contribution in [-0.4, -0.2) is 90.6 Å². The molecule has 32 heavy (non-hydrogen) atoms. The minimum Gasteiger partial charge on any atom is -0.486 e. The summed E-state index contributed by atoms with van der Waals surface area (Å²) >= 11 is 0. The van der Waals surface area contributed by atoms with Crippen LogP contribution < -0.4 is 14.4 Å². The summed E-state index contributed by atoms with van der Waals surface area (Å²) in [5, 5.41) is 0. The maximum Gasteiger partial charge on any atom is 0.325 e. The van der Waals surface area contributed by atoms with Crippen molar-refractivity contribution in [1.29, 1.82) is 0 Å². The van der Waals surface area contributed by atoms with Gasteiger partial charge in [-0.25, -0.2) is 4.79 Å². The molecule has 2 fully saturated rings. The van der Waals surface area contributed by atoms with E-state index in [1.54, 1.807) is 16.0 Å². The zero-order valence-electron chi connectivity index (χ0n) is 18.0. The van der Waals surface area contributed by atoms with Gasteiger partial charge in [0.25, 0.3) is 0 Å². The maximum atomic E-state index is 12.9. The van der Waals surface area contributed by atoms with Crippen LogP contribution >= 0.6 is 0 Å². The normalized spacial score (nSPS) is 18.9. The number of ether oxygens (including phenoxy) is 2. The first kappa shape index (κ1) is 20.6. The van der Waals surface area contributed by atoms with E-state index in [2.05, 4.69) is 16.0 Å². The summed E-state index contributed by atoms with van der Waals surface area (Å²) in [5.41, 5.74) is 1.94. The van der Waals surface area contributed by atoms with Gasteiger partial charge in [-0.3, -0.25) is 19.6 Å². The Kier molecular flexibility index (Phi) is 5.81. The minimum atomic E-state index is -0.148. The standard InChI is InChI=1S/C23H27N5O4/c29-22(26-8-6-25(7-9-26)16-18-2-1-5-24-15-18)17-27-10-11-28(23(27)30)19-3-4-20-21(14-19)32-13-12-31-20/h1-5,14-15H,6-13,16-17H2. The number of hydrogen-bond acceptors (Lipinski definition) is 6. The number of hydrogen-bond donors (Lipinski definition) is 0. The van der Waals surface area contributed by atoms with Gasteiger partial charge in [0.15, 0.2) is 11.5 Å². The second-order valence-electron chi connectivity index (χ2n) is 8.20. The van der Waals surface area contributed by atoms with Crippen LogP contribution in [0.1, 0.15) is 5.56 Å². The second kappa shape index (κ2) is 9.04. The van der Waals surface area contributed by atoms with Gasteiger partial charge in [0, 0.05) is 70.0 Å². The van der Waals surface area contributed by atoms with Crippen LogP contribution in [0.15, 0.2) is 42.7 Å². The number of nitrogens with zero attached hydrogens (tertiary/aromatic N) is 5. The predicted octanol–water partition coefficient (Wildman–Crippen LogP) is 1.44. The highest BCUT2D eigenvalue weighted by molar-refractivity contribution is 5.96. The van der Waals surface area contributed by atoms with Crippen molar-refractivity contribution in [2.45, 2.75) is 6.54 Å². The molecule has 9 heteroatoms. The van der Waals surface area contributed by atoms with Gasteiger partial charge < -0.3 is 19.3 Å². The molecule has 3 amide bonds. The van der Waals surface area contributed by atoms with Gasteiger partial charge >= 0.3 is 6.03 Å². The van der Waals surface area contributed by atoms with Gasteiger partial charge in [-0.05, 0) is 23.8 Å². The fourth-order valence-corrected chi connectivity index (χ4v) is 4.34. The first-order chi connectivity index (χ1) is 15.7. The smallest absolute Gasteiger partial charge is 0.325 e. The summed E-state index contributed by atoms with van der Waals surface area (Å²) < 4.78 is 11.2. The number of carbonyl (C=O) groups is 2. The number of urea groups is 1. The third-order valence-corrected chi connectivity index (χ3v) is 6.11. The zero-order valence-corrected chi connectivity index (χ0v) is 18.0. The highest BCUT2D eigenvalue weighted by atomic mass is 16.6. The van der Waals surface area contributed by atoms with E-state index in [1.807, 2.05) is 35.4 Å². The topological polar surface area (TPSA) is 78.5 Å². The molecule has 0 bridgehead atoms. The number of rotatable bonds is 5. The van der Waals surface area contributed by atoms with Crippen LogP contribution in [0.4, 0.5) is 10.5 Å². The van der Waals surface area contributed by atoms with Crippen LogP contribution in [0.25, 0.3) is 0 Å². The molecule has 2 saturated heterocycles. The van der Waals surface area contributed by atoms with Crippen LogP contribution in [0, 0.1) is 0 Å². The summed E-state index contributed by atoms with van der Waals surface area (Å²) in [6.45, 7) is 6.04. The summed E-state index contributed by atoms with van der Waals surface area (Å²) in [6.07, 6.45) is 3.65. The molecule has 0 atom stereocenters. The zero-order chi connectivity index (χ0) is 21.9. The molecule has 0 spiro atoms. The average Bonchev–Trinajstić information content (AvgIpc) is 3.19. The molecule has 3 aliphatic heterocycles. The molecule has 0 unspecified atom stereocenters. The molecule has 2 aromatic rings. The number of pyridine rings is 1. The SMILES string of the molecule is O=C(CN1CCN(c2ccc3c(c2)OCCO3)C1=O)N1CCN(Cc2cccnc2)CC1. The molecule has 1 aromatic heterocycles. The highest BCUT2D eigenvalue weighted by Crippen LogP contribution is 2.35. The third kappa shape index (κ3) is 4.34. The Bertz CT molecular complexity index is 978. The van der Waals surface area contributed by atoms with Crippen molar-refractivity contribution in [2.75, 3.05) is 63.9 Å². The molecular weight excluding hydrogens is 410 g/mol. The Hall–Kier alpha value is -3.33. The lowest BCUT2D eigenvalue weighted by Crippen LogP contribution is -2.51. The van der Waals surface area contributed by atoms with Gasteiger partial charge in [-0.1, -0.05) is 6.07 Å². The van der Waals surface area contributed by atoms with Gasteiger partial charge in [0.05, 0.1) is 0 Å². The lowest BCUT2D eigenvalue weighted by Gasteiger charge is -2.35. The Morgan fingerprint density at radius 3 is 2.56 bits per heavy atom. The number of fused-ring (bicyclic) bond motifs is 1. The quantitative estimate of drug-likeness (QED) is 0.705. The monoisotopic (exact) mass is 437 g/mol. The van der Waals surface area contributed by atoms with Crippen molar-refractivity contribution in [3.8, 4) is 11.5 Å². The van der Waals surface area contributed by atoms with Gasteiger partial charge in [-0.15, -0.1) is 0 Å². The summed E-state index contributed by atoms with van der Waals surface area (Å²) in [5.74, 6) is 1.35. The van der Waals surface area contributed by atoms with E-state index in [1.165, 1.54) is 5.56 Å². The number of benzene rings is 1. The predicted molar refractivity (Wildman–Crippen MR) is 118 cm³/mol. The van der Waals surface area contributed by atoms with E-state index < -0.39 is 0 Å². The van der Waals surface area contributed by atoms with Crippen molar-refractivity contribution in [3.63, 3.8) is 0 Å². The Morgan fingerprint density at radius 1 is 0.969 bits per heavy atom. The number of amides is 3. The van der Waals surface area contributed by atoms with E-state index in [-0.39, 0.29) is 18.5 Å². The fourth-order valence-electron chi connectivity index (χ4n) is 4.34. The molecule has 0 saturated carbocycles. The number of piperazine rings is 1. The third-order valence-electron chi connectivity index (χ3n) is 6.11. The second-order valence-corrected chi connectivity index (χ2v) is 8.20. The van der Waals surface area contributed by atoms with Gasteiger partial charge in [0.1, 0.15) is 19.8 Å². The molecule has 168 valence electrons. The van der Waals surface area contributed by atoms with Crippen molar-refractivity contribution in [2.24, 2.45) is 0 Å². The lowest BCUT2D eigenvalue weighted by atomic mass is 10.2. The maximum absolute atomic E-state index is 12.9. The first-order valence-electron chi connectivity index (χ1n) is 11.0. The van der Waals surface area contributed by atoms with Crippen LogP contribution in [0.2, 0.25) is 0 Å². The lowest BCUT2D eigenvalue weighted by molar-refractivity contribution is -0.133. The largest absolute Gasteiger partial charge is 0.486 e. The van der Waals surface area contributed by atoms with Crippen molar-refractivity contribution < 1.29 is 19.1 Å². The molecular formula is C23H27N5O4. The highest BCUT2D eigenvalue weighted by Gasteiger charge is 2.33. The van der Waals surface area contributed by atoms with Crippen LogP contribution in [0.5, 0.6) is 11.5 Å². The molecule has 0 aliphatic carbocycles. The van der Waals surface area contributed by atoms with E-state index >= 15 is 0 Å². The Labute approximate surface area is 187 Å². The number of anilines is 1. The number of carbonyl (C=O) groups excluding carboxylic acids is 2. The molecule has 5 rings (SSSR count). The van der Waals surface area contributed by atoms with Crippen molar-refractivity contribution in [3.05, 3.63) is 48.3 Å². The minimum absolute atomic E-state index is 0.00315. The molecule has 4 heterocycles. The summed E-state index contributed by atoms with van der Waals surface area (Å²) in [6, 6.07) is 9.38. The number of aromatic nitrogens is 1. The molecule has 0 radical (unpaired) electrons. The van der Waals surface area contributed by atoms with Crippen molar-refractivity contribution in [1.82, 2.24) is 19.7 Å². The van der Waals surface area contributed by atoms with Crippen LogP contribution in [-0.2, 0) is 11.3 Å². The molecule has 9 nitrogen and oxygen atoms in total. The van der Waals surface area contributed by atoms with Gasteiger partial charge in [-0.2, -0.15) is 0 Å². The van der Waals surface area contributed by atoms with E-state index in [4.69, 9.17) is 9.47 Å². The first-order valence-corrected chi connectivity index (χ1v) is 11.0. The van der Waals surface area contributed by atoms with Crippen molar-refractivity contribution >= 4 is 17.6 Å². The molecule has 3 aliphatic rings. The molecule has 0 N–H and O–H groups in total. The van der Waals surface area contributed by atoms with Gasteiger partial charge in [0.2, 0.25) is 5.91 Å². The van der Waals surface area contributed by atoms with E-state index in [0.29, 0.717) is 50.9 Å². The Balaban J connectivity index is 1.13. The summed E-state index contributed by atoms with van der Waals surface area (Å²) in [7, 11) is 0. The Morgan fingerprint density at radius 2 is 1.78 bits per heavy atom. The summed E-state index contributed by atoms with van der Waals surface area (Å²) in [4.78, 5) is 37.5. The fraction of sp³-hybridized carbons (Fsp3) is 0.435. The molecule has 1 aromatic carbocycles. The van der Waals surface area contributed by atoms with E-state index in [9.17, 15) is 9.59 Å². The van der Waals surface area contributed by atoms with E-state index in [0.717, 1.165) is 25.3 Å².